The molecule has 0 aliphatic rings. The lowest BCUT2D eigenvalue weighted by atomic mass is 10.3. The van der Waals surface area contributed by atoms with Crippen LogP contribution in [0.3, 0.4) is 0 Å². The number of anilines is 1. The zero-order valence-corrected chi connectivity index (χ0v) is 10.8. The van der Waals surface area contributed by atoms with Crippen molar-refractivity contribution in [2.75, 3.05) is 18.9 Å². The van der Waals surface area contributed by atoms with Crippen LogP contribution in [0.5, 0.6) is 5.75 Å². The van der Waals surface area contributed by atoms with Crippen molar-refractivity contribution in [3.05, 3.63) is 49.6 Å². The van der Waals surface area contributed by atoms with Gasteiger partial charge in [-0.1, -0.05) is 24.3 Å². The van der Waals surface area contributed by atoms with Crippen molar-refractivity contribution in [3.63, 3.8) is 0 Å². The van der Waals surface area contributed by atoms with E-state index in [1.165, 1.54) is 12.2 Å². The number of rotatable bonds is 8. The molecule has 0 saturated carbocycles. The molecule has 1 aromatic rings. The second-order valence-corrected chi connectivity index (χ2v) is 4.84. The Hall–Kier alpha value is -1.55. The summed E-state index contributed by atoms with van der Waals surface area (Å²) in [5.41, 5.74) is 6.04. The van der Waals surface area contributed by atoms with E-state index < -0.39 is 7.82 Å². The molecule has 0 aliphatic heterocycles. The molecule has 0 unspecified atom stereocenters. The maximum absolute atomic E-state index is 12.2. The van der Waals surface area contributed by atoms with Crippen LogP contribution < -0.4 is 10.3 Å². The first-order chi connectivity index (χ1) is 8.61. The number of benzene rings is 1. The molecule has 0 amide bonds. The molecule has 98 valence electrons. The third-order valence-corrected chi connectivity index (χ3v) is 3.18. The van der Waals surface area contributed by atoms with Crippen LogP contribution in [-0.2, 0) is 13.6 Å². The van der Waals surface area contributed by atoms with E-state index in [9.17, 15) is 4.57 Å². The van der Waals surface area contributed by atoms with Crippen molar-refractivity contribution < 1.29 is 18.1 Å². The maximum Gasteiger partial charge on any atom is 0.530 e. The van der Waals surface area contributed by atoms with Crippen LogP contribution in [0.2, 0.25) is 0 Å². The van der Waals surface area contributed by atoms with Crippen LogP contribution in [-0.4, -0.2) is 13.2 Å². The van der Waals surface area contributed by atoms with E-state index >= 15 is 0 Å². The lowest BCUT2D eigenvalue weighted by molar-refractivity contribution is 0.181. The fourth-order valence-corrected chi connectivity index (χ4v) is 2.23. The second-order valence-electron chi connectivity index (χ2n) is 3.25. The molecule has 0 radical (unpaired) electrons. The Balaban J connectivity index is 2.83. The van der Waals surface area contributed by atoms with E-state index in [0.29, 0.717) is 5.69 Å². The van der Waals surface area contributed by atoms with Crippen molar-refractivity contribution in [2.24, 2.45) is 0 Å². The highest BCUT2D eigenvalue weighted by atomic mass is 31.2. The largest absolute Gasteiger partial charge is 0.530 e. The first-order valence-corrected chi connectivity index (χ1v) is 6.72. The van der Waals surface area contributed by atoms with Crippen molar-refractivity contribution in [3.8, 4) is 5.75 Å². The molecule has 0 atom stereocenters. The molecule has 0 aliphatic carbocycles. The van der Waals surface area contributed by atoms with Gasteiger partial charge in [0.15, 0.2) is 5.75 Å². The number of hydrogen-bond acceptors (Lipinski definition) is 5. The van der Waals surface area contributed by atoms with Gasteiger partial charge in [-0.25, -0.2) is 4.57 Å². The number of phosphoric acid groups is 1. The summed E-state index contributed by atoms with van der Waals surface area (Å²) in [5, 5.41) is 0. The lowest BCUT2D eigenvalue weighted by Crippen LogP contribution is -2.04. The summed E-state index contributed by atoms with van der Waals surface area (Å²) in [7, 11) is -3.72. The van der Waals surface area contributed by atoms with Gasteiger partial charge in [-0.3, -0.25) is 9.05 Å². The van der Waals surface area contributed by atoms with E-state index in [1.807, 2.05) is 0 Å². The van der Waals surface area contributed by atoms with Crippen molar-refractivity contribution in [2.45, 2.75) is 0 Å². The molecular formula is C12H16NO4P. The monoisotopic (exact) mass is 269 g/mol. The molecule has 0 fully saturated rings. The molecule has 2 N–H and O–H groups in total. The van der Waals surface area contributed by atoms with Gasteiger partial charge in [-0.15, -0.1) is 13.2 Å². The molecule has 18 heavy (non-hydrogen) atoms. The summed E-state index contributed by atoms with van der Waals surface area (Å²) in [4.78, 5) is 0. The Labute approximate surface area is 106 Å². The summed E-state index contributed by atoms with van der Waals surface area (Å²) < 4.78 is 27.5. The van der Waals surface area contributed by atoms with Gasteiger partial charge in [-0.2, -0.15) is 0 Å². The Morgan fingerprint density at radius 1 is 1.17 bits per heavy atom. The summed E-state index contributed by atoms with van der Waals surface area (Å²) >= 11 is 0. The number of phosphoric ester groups is 1. The zero-order valence-electron chi connectivity index (χ0n) is 9.95. The number of para-hydroxylation sites is 2. The fraction of sp³-hybridized carbons (Fsp3) is 0.167. The van der Waals surface area contributed by atoms with E-state index in [1.54, 1.807) is 24.3 Å². The third-order valence-electron chi connectivity index (χ3n) is 1.83. The predicted octanol–water partition coefficient (Wildman–Crippen LogP) is 3.16. The summed E-state index contributed by atoms with van der Waals surface area (Å²) in [5.74, 6) is 0.244. The van der Waals surface area contributed by atoms with E-state index in [2.05, 4.69) is 13.2 Å². The highest BCUT2D eigenvalue weighted by molar-refractivity contribution is 7.49. The molecule has 0 bridgehead atoms. The Morgan fingerprint density at radius 2 is 1.72 bits per heavy atom. The number of hydrogen-bond donors (Lipinski definition) is 1. The first kappa shape index (κ1) is 14.5. The van der Waals surface area contributed by atoms with Crippen LogP contribution in [0.25, 0.3) is 0 Å². The van der Waals surface area contributed by atoms with Crippen LogP contribution in [0.15, 0.2) is 49.6 Å². The minimum atomic E-state index is -3.72. The van der Waals surface area contributed by atoms with Crippen LogP contribution >= 0.6 is 7.82 Å². The maximum atomic E-state index is 12.2. The Kier molecular flexibility index (Phi) is 5.65. The third kappa shape index (κ3) is 4.37. The minimum absolute atomic E-state index is 0.0428. The molecule has 1 aromatic carbocycles. The topological polar surface area (TPSA) is 70.8 Å². The summed E-state index contributed by atoms with van der Waals surface area (Å²) in [6.45, 7) is 7.02. The average molecular weight is 269 g/mol. The van der Waals surface area contributed by atoms with Crippen molar-refractivity contribution >= 4 is 13.5 Å². The average Bonchev–Trinajstić information content (AvgIpc) is 2.37. The predicted molar refractivity (Wildman–Crippen MR) is 71.4 cm³/mol. The van der Waals surface area contributed by atoms with E-state index in [0.717, 1.165) is 0 Å². The fourth-order valence-electron chi connectivity index (χ4n) is 1.06. The van der Waals surface area contributed by atoms with Crippen LogP contribution in [0, 0.1) is 0 Å². The molecule has 0 spiro atoms. The van der Waals surface area contributed by atoms with Gasteiger partial charge in [0, 0.05) is 0 Å². The SMILES string of the molecule is C=CCOP(=O)(OCC=C)Oc1ccccc1N. The summed E-state index contributed by atoms with van der Waals surface area (Å²) in [6, 6.07) is 6.65. The van der Waals surface area contributed by atoms with Gasteiger partial charge in [0.1, 0.15) is 0 Å². The number of nitrogens with two attached hydrogens (primary N) is 1. The Morgan fingerprint density at radius 3 is 2.22 bits per heavy atom. The highest BCUT2D eigenvalue weighted by Gasteiger charge is 2.28. The standard InChI is InChI=1S/C12H16NO4P/c1-3-9-15-18(14,16-10-4-2)17-12-8-6-5-7-11(12)13/h3-8H,1-2,9-10,13H2. The highest BCUT2D eigenvalue weighted by Crippen LogP contribution is 2.50. The molecule has 5 nitrogen and oxygen atoms in total. The molecule has 0 saturated heterocycles. The van der Waals surface area contributed by atoms with Crippen molar-refractivity contribution in [1.82, 2.24) is 0 Å². The lowest BCUT2D eigenvalue weighted by Gasteiger charge is -2.18. The normalized spacial score (nSPS) is 10.9. The van der Waals surface area contributed by atoms with Gasteiger partial charge in [-0.05, 0) is 12.1 Å². The zero-order chi connectivity index (χ0) is 13.4. The molecule has 0 aromatic heterocycles. The molecule has 6 heteroatoms. The van der Waals surface area contributed by atoms with Gasteiger partial charge in [0.25, 0.3) is 0 Å². The van der Waals surface area contributed by atoms with Gasteiger partial charge < -0.3 is 10.3 Å². The van der Waals surface area contributed by atoms with E-state index in [-0.39, 0.29) is 19.0 Å². The smallest absolute Gasteiger partial charge is 0.402 e. The van der Waals surface area contributed by atoms with E-state index in [4.69, 9.17) is 19.3 Å². The summed E-state index contributed by atoms with van der Waals surface area (Å²) in [6.07, 6.45) is 2.89. The second kappa shape index (κ2) is 7.01. The first-order valence-electron chi connectivity index (χ1n) is 5.26. The molecule has 0 heterocycles. The van der Waals surface area contributed by atoms with Crippen molar-refractivity contribution in [1.29, 1.82) is 0 Å². The molecular weight excluding hydrogens is 253 g/mol. The Bertz CT molecular complexity index is 445. The quantitative estimate of drug-likeness (QED) is 0.446. The van der Waals surface area contributed by atoms with Gasteiger partial charge >= 0.3 is 7.82 Å². The van der Waals surface area contributed by atoms with Gasteiger partial charge in [0.05, 0.1) is 18.9 Å². The van der Waals surface area contributed by atoms with Crippen LogP contribution in [0.1, 0.15) is 0 Å². The minimum Gasteiger partial charge on any atom is -0.402 e. The number of nitrogen functional groups attached to an aromatic ring is 1. The molecule has 1 rings (SSSR count). The van der Waals surface area contributed by atoms with Crippen LogP contribution in [0.4, 0.5) is 5.69 Å². The van der Waals surface area contributed by atoms with Gasteiger partial charge in [0.2, 0.25) is 0 Å².